The van der Waals surface area contributed by atoms with Gasteiger partial charge in [0.05, 0.1) is 5.39 Å². The van der Waals surface area contributed by atoms with Crippen molar-refractivity contribution in [1.82, 2.24) is 0 Å². The molecule has 1 saturated carbocycles. The highest BCUT2D eigenvalue weighted by Crippen LogP contribution is 2.43. The molecule has 1 aromatic carbocycles. The molecule has 0 saturated heterocycles. The zero-order chi connectivity index (χ0) is 10.4. The fraction of sp³-hybridized carbons (Fsp3) is 0.250. The summed E-state index contributed by atoms with van der Waals surface area (Å²) in [5, 5.41) is 1.96. The normalized spacial score (nSPS) is 15.8. The number of hydrogen-bond donors (Lipinski definition) is 0. The van der Waals surface area contributed by atoms with Gasteiger partial charge < -0.3 is 4.42 Å². The number of halogens is 1. The minimum absolute atomic E-state index is 0.336. The average molecular weight is 220 g/mol. The van der Waals surface area contributed by atoms with Crippen LogP contribution >= 0.6 is 11.6 Å². The molecule has 1 fully saturated rings. The molecule has 1 aliphatic rings. The van der Waals surface area contributed by atoms with Gasteiger partial charge in [0.1, 0.15) is 0 Å². The van der Waals surface area contributed by atoms with Crippen LogP contribution in [0.3, 0.4) is 0 Å². The van der Waals surface area contributed by atoms with Crippen LogP contribution in [0.25, 0.3) is 10.8 Å². The first kappa shape index (κ1) is 8.98. The van der Waals surface area contributed by atoms with E-state index in [1.807, 2.05) is 12.1 Å². The topological polar surface area (TPSA) is 30.2 Å². The molecule has 0 atom stereocenters. The first-order valence-electron chi connectivity index (χ1n) is 4.89. The van der Waals surface area contributed by atoms with Gasteiger partial charge in [0.2, 0.25) is 0 Å². The van der Waals surface area contributed by atoms with E-state index in [4.69, 9.17) is 16.0 Å². The molecule has 1 radical (unpaired) electrons. The lowest BCUT2D eigenvalue weighted by Crippen LogP contribution is -2.02. The second-order valence-corrected chi connectivity index (χ2v) is 4.26. The van der Waals surface area contributed by atoms with Crippen LogP contribution in [0.5, 0.6) is 0 Å². The molecule has 0 spiro atoms. The van der Waals surface area contributed by atoms with Crippen LogP contribution in [-0.2, 0) is 0 Å². The molecule has 1 aliphatic carbocycles. The van der Waals surface area contributed by atoms with E-state index in [1.54, 1.807) is 6.07 Å². The Labute approximate surface area is 91.5 Å². The summed E-state index contributed by atoms with van der Waals surface area (Å²) in [6, 6.07) is 5.40. The molecule has 3 rings (SSSR count). The molecule has 0 amide bonds. The van der Waals surface area contributed by atoms with Crippen molar-refractivity contribution in [3.8, 4) is 0 Å². The van der Waals surface area contributed by atoms with Crippen LogP contribution < -0.4 is 5.63 Å². The van der Waals surface area contributed by atoms with Crippen molar-refractivity contribution < 1.29 is 4.42 Å². The summed E-state index contributed by atoms with van der Waals surface area (Å²) in [5.41, 5.74) is 0.731. The van der Waals surface area contributed by atoms with Gasteiger partial charge in [0, 0.05) is 10.4 Å². The predicted molar refractivity (Wildman–Crippen MR) is 58.3 cm³/mol. The highest BCUT2D eigenvalue weighted by molar-refractivity contribution is 6.35. The van der Waals surface area contributed by atoms with E-state index < -0.39 is 0 Å². The van der Waals surface area contributed by atoms with Crippen molar-refractivity contribution in [2.75, 3.05) is 0 Å². The van der Waals surface area contributed by atoms with Gasteiger partial charge in [-0.15, -0.1) is 0 Å². The van der Waals surface area contributed by atoms with Gasteiger partial charge in [-0.05, 0) is 36.5 Å². The summed E-state index contributed by atoms with van der Waals surface area (Å²) in [5.74, 6) is 0.509. The third kappa shape index (κ3) is 1.37. The third-order valence-corrected chi connectivity index (χ3v) is 3.13. The van der Waals surface area contributed by atoms with Gasteiger partial charge in [-0.2, -0.15) is 0 Å². The standard InChI is InChI=1S/C12H8ClO2/c13-10-4-3-8(7-1-2-7)11-9(10)5-6-15-12(11)14/h3-5,7H,1-2H2. The minimum Gasteiger partial charge on any atom is -0.419 e. The Bertz CT molecular complexity index is 582. The van der Waals surface area contributed by atoms with Crippen molar-refractivity contribution in [3.63, 3.8) is 0 Å². The van der Waals surface area contributed by atoms with Crippen molar-refractivity contribution in [2.45, 2.75) is 18.8 Å². The molecule has 15 heavy (non-hydrogen) atoms. The molecule has 0 bridgehead atoms. The lowest BCUT2D eigenvalue weighted by atomic mass is 10.0. The van der Waals surface area contributed by atoms with Crippen molar-refractivity contribution in [2.24, 2.45) is 0 Å². The quantitative estimate of drug-likeness (QED) is 0.738. The van der Waals surface area contributed by atoms with Crippen molar-refractivity contribution in [3.05, 3.63) is 45.5 Å². The van der Waals surface area contributed by atoms with Gasteiger partial charge in [-0.3, -0.25) is 0 Å². The van der Waals surface area contributed by atoms with Gasteiger partial charge in [-0.25, -0.2) is 4.79 Å². The molecule has 1 heterocycles. The highest BCUT2D eigenvalue weighted by Gasteiger charge is 2.27. The Kier molecular flexibility index (Phi) is 1.86. The van der Waals surface area contributed by atoms with E-state index in [0.29, 0.717) is 16.3 Å². The maximum atomic E-state index is 11.6. The van der Waals surface area contributed by atoms with E-state index in [-0.39, 0.29) is 5.63 Å². The van der Waals surface area contributed by atoms with Gasteiger partial charge in [0.25, 0.3) is 0 Å². The van der Waals surface area contributed by atoms with E-state index in [0.717, 1.165) is 23.8 Å². The van der Waals surface area contributed by atoms with Crippen LogP contribution in [-0.4, -0.2) is 0 Å². The summed E-state index contributed by atoms with van der Waals surface area (Å²) < 4.78 is 4.77. The molecule has 3 heteroatoms. The summed E-state index contributed by atoms with van der Waals surface area (Å²) in [7, 11) is 0. The first-order chi connectivity index (χ1) is 7.27. The van der Waals surface area contributed by atoms with Crippen LogP contribution in [0.2, 0.25) is 5.02 Å². The fourth-order valence-corrected chi connectivity index (χ4v) is 2.12. The number of rotatable bonds is 1. The van der Waals surface area contributed by atoms with Crippen LogP contribution in [0.4, 0.5) is 0 Å². The monoisotopic (exact) mass is 219 g/mol. The van der Waals surface area contributed by atoms with Crippen LogP contribution in [0.1, 0.15) is 24.3 Å². The Morgan fingerprint density at radius 3 is 2.93 bits per heavy atom. The molecular weight excluding hydrogens is 212 g/mol. The molecular formula is C12H8ClO2. The summed E-state index contributed by atoms with van der Waals surface area (Å²) in [4.78, 5) is 11.6. The summed E-state index contributed by atoms with van der Waals surface area (Å²) >= 11 is 6.03. The fourth-order valence-electron chi connectivity index (χ4n) is 1.91. The first-order valence-corrected chi connectivity index (χ1v) is 5.27. The Hall–Kier alpha value is -1.28. The third-order valence-electron chi connectivity index (χ3n) is 2.80. The molecule has 2 aromatic rings. The van der Waals surface area contributed by atoms with E-state index >= 15 is 0 Å². The van der Waals surface area contributed by atoms with Gasteiger partial charge in [0.15, 0.2) is 6.26 Å². The van der Waals surface area contributed by atoms with Crippen LogP contribution in [0.15, 0.2) is 27.4 Å². The van der Waals surface area contributed by atoms with Gasteiger partial charge in [-0.1, -0.05) is 17.7 Å². The molecule has 75 valence electrons. The second-order valence-electron chi connectivity index (χ2n) is 3.85. The van der Waals surface area contributed by atoms with E-state index in [2.05, 4.69) is 6.26 Å². The molecule has 0 unspecified atom stereocenters. The number of fused-ring (bicyclic) bond motifs is 1. The molecule has 1 aromatic heterocycles. The van der Waals surface area contributed by atoms with E-state index in [1.165, 1.54) is 0 Å². The largest absolute Gasteiger partial charge is 0.419 e. The molecule has 0 aliphatic heterocycles. The summed E-state index contributed by atoms with van der Waals surface area (Å²) in [6.07, 6.45) is 4.75. The smallest absolute Gasteiger partial charge is 0.344 e. The Balaban J connectivity index is 2.46. The molecule has 2 nitrogen and oxygen atoms in total. The SMILES string of the molecule is O=c1o[c]cc2c(Cl)ccc(C3CC3)c12. The Morgan fingerprint density at radius 1 is 1.40 bits per heavy atom. The number of benzene rings is 1. The lowest BCUT2D eigenvalue weighted by molar-refractivity contribution is 0.510. The van der Waals surface area contributed by atoms with Crippen LogP contribution in [0, 0.1) is 6.26 Å². The predicted octanol–water partition coefficient (Wildman–Crippen LogP) is 3.12. The Morgan fingerprint density at radius 2 is 2.20 bits per heavy atom. The maximum absolute atomic E-state index is 11.6. The summed E-state index contributed by atoms with van der Waals surface area (Å²) in [6.45, 7) is 0. The van der Waals surface area contributed by atoms with Crippen molar-refractivity contribution >= 4 is 22.4 Å². The van der Waals surface area contributed by atoms with Gasteiger partial charge >= 0.3 is 5.63 Å². The lowest BCUT2D eigenvalue weighted by Gasteiger charge is -2.04. The zero-order valence-electron chi connectivity index (χ0n) is 7.92. The van der Waals surface area contributed by atoms with Crippen molar-refractivity contribution in [1.29, 1.82) is 0 Å². The average Bonchev–Trinajstić information content (AvgIpc) is 3.03. The zero-order valence-corrected chi connectivity index (χ0v) is 8.67. The second kappa shape index (κ2) is 3.11. The molecule has 0 N–H and O–H groups in total. The minimum atomic E-state index is -0.336. The highest BCUT2D eigenvalue weighted by atomic mass is 35.5. The number of hydrogen-bond acceptors (Lipinski definition) is 2. The maximum Gasteiger partial charge on any atom is 0.344 e. The van der Waals surface area contributed by atoms with E-state index in [9.17, 15) is 4.79 Å².